The number of aliphatic carboxylic acids is 1. The van der Waals surface area contributed by atoms with Crippen molar-refractivity contribution in [3.05, 3.63) is 30.3 Å². The minimum atomic E-state index is -1.11. The van der Waals surface area contributed by atoms with Crippen LogP contribution in [0, 0.1) is 0 Å². The number of hydrogen-bond donors (Lipinski definition) is 4. The van der Waals surface area contributed by atoms with Crippen molar-refractivity contribution in [1.29, 1.82) is 0 Å². The molecule has 0 fully saturated rings. The number of nitrogens with two attached hydrogens (primary N) is 2. The second-order valence-corrected chi connectivity index (χ2v) is 4.36. The van der Waals surface area contributed by atoms with Crippen LogP contribution in [0.25, 0.3) is 0 Å². The third-order valence-corrected chi connectivity index (χ3v) is 2.32. The van der Waals surface area contributed by atoms with Gasteiger partial charge < -0.3 is 26.4 Å². The quantitative estimate of drug-likeness (QED) is 0.413. The molecule has 0 aliphatic rings. The maximum Gasteiger partial charge on any atom is 0.340 e. The van der Waals surface area contributed by atoms with Crippen molar-refractivity contribution in [2.75, 3.05) is 0 Å². The van der Waals surface area contributed by atoms with E-state index in [1.807, 2.05) is 6.07 Å². The number of aliphatic hydroxyl groups is 1. The van der Waals surface area contributed by atoms with Crippen LogP contribution in [0.15, 0.2) is 30.3 Å². The predicted molar refractivity (Wildman–Crippen MR) is 77.8 cm³/mol. The van der Waals surface area contributed by atoms with Crippen molar-refractivity contribution in [3.63, 3.8) is 0 Å². The molecular weight excluding hydrogens is 292 g/mol. The molecule has 1 aromatic rings. The molecule has 0 saturated heterocycles. The Morgan fingerprint density at radius 1 is 1.23 bits per heavy atom. The smallest absolute Gasteiger partial charge is 0.340 e. The van der Waals surface area contributed by atoms with Crippen LogP contribution in [0.3, 0.4) is 0 Å². The summed E-state index contributed by atoms with van der Waals surface area (Å²) in [5, 5.41) is 17.0. The minimum Gasteiger partial charge on any atom is -0.480 e. The zero-order chi connectivity index (χ0) is 17.1. The first-order chi connectivity index (χ1) is 10.2. The zero-order valence-electron chi connectivity index (χ0n) is 12.1. The first-order valence-corrected chi connectivity index (χ1v) is 6.45. The summed E-state index contributed by atoms with van der Waals surface area (Å²) in [5.41, 5.74) is 9.81. The molecule has 2 atom stereocenters. The van der Waals surface area contributed by atoms with Gasteiger partial charge in [0.2, 0.25) is 5.91 Å². The summed E-state index contributed by atoms with van der Waals surface area (Å²) >= 11 is 0. The number of carbonyl (C=O) groups excluding carboxylic acids is 2. The maximum atomic E-state index is 10.8. The van der Waals surface area contributed by atoms with Gasteiger partial charge >= 0.3 is 11.9 Å². The summed E-state index contributed by atoms with van der Waals surface area (Å²) in [7, 11) is 0. The number of aliphatic hydroxyl groups excluding tert-OH is 1. The molecule has 122 valence electrons. The lowest BCUT2D eigenvalue weighted by atomic mass is 10.2. The van der Waals surface area contributed by atoms with Crippen molar-refractivity contribution in [1.82, 2.24) is 0 Å². The molecule has 0 spiro atoms. The summed E-state index contributed by atoms with van der Waals surface area (Å²) in [6.07, 6.45) is -0.955. The van der Waals surface area contributed by atoms with Gasteiger partial charge in [0.1, 0.15) is 17.9 Å². The Hall–Kier alpha value is -2.45. The van der Waals surface area contributed by atoms with Crippen LogP contribution in [-0.4, -0.2) is 40.2 Å². The highest BCUT2D eigenvalue weighted by molar-refractivity contribution is 5.77. The Morgan fingerprint density at radius 2 is 1.77 bits per heavy atom. The molecule has 0 aromatic heterocycles. The predicted octanol–water partition coefficient (Wildman–Crippen LogP) is -0.363. The number of carboxylic acids is 1. The van der Waals surface area contributed by atoms with Crippen molar-refractivity contribution in [2.24, 2.45) is 11.5 Å². The third kappa shape index (κ3) is 9.45. The molecule has 0 aliphatic heterocycles. The molecule has 1 amide bonds. The summed E-state index contributed by atoms with van der Waals surface area (Å²) in [5.74, 6) is -1.83. The van der Waals surface area contributed by atoms with Crippen molar-refractivity contribution in [2.45, 2.75) is 31.9 Å². The van der Waals surface area contributed by atoms with Gasteiger partial charge in [0.05, 0.1) is 0 Å². The van der Waals surface area contributed by atoms with E-state index in [9.17, 15) is 14.4 Å². The molecule has 8 heteroatoms. The van der Waals surface area contributed by atoms with E-state index in [0.717, 1.165) is 0 Å². The van der Waals surface area contributed by atoms with E-state index in [2.05, 4.69) is 0 Å². The fourth-order valence-electron chi connectivity index (χ4n) is 1.11. The molecular formula is C14H20N2O6. The molecule has 0 saturated carbocycles. The van der Waals surface area contributed by atoms with Gasteiger partial charge in [-0.15, -0.1) is 0 Å². The van der Waals surface area contributed by atoms with Gasteiger partial charge in [-0.25, -0.2) is 4.79 Å². The van der Waals surface area contributed by atoms with E-state index in [0.29, 0.717) is 5.75 Å². The number of para-hydroxylation sites is 1. The maximum absolute atomic E-state index is 10.8. The Bertz CT molecular complexity index is 489. The van der Waals surface area contributed by atoms with Crippen LogP contribution in [-0.2, 0) is 14.4 Å². The summed E-state index contributed by atoms with van der Waals surface area (Å²) in [6.45, 7) is 1.37. The lowest BCUT2D eigenvalue weighted by molar-refractivity contribution is -0.142. The van der Waals surface area contributed by atoms with Crippen molar-refractivity contribution in [3.8, 4) is 5.75 Å². The molecule has 1 aromatic carbocycles. The third-order valence-electron chi connectivity index (χ3n) is 2.32. The number of benzene rings is 1. The molecule has 2 unspecified atom stereocenters. The lowest BCUT2D eigenvalue weighted by Crippen LogP contribution is -2.31. The number of rotatable bonds is 6. The van der Waals surface area contributed by atoms with E-state index < -0.39 is 30.0 Å². The molecule has 0 heterocycles. The lowest BCUT2D eigenvalue weighted by Gasteiger charge is -2.04. The van der Waals surface area contributed by atoms with Crippen LogP contribution < -0.4 is 16.2 Å². The standard InChI is InChI=1S/C9H10O3.C5H10N2O3/c1-7(10)9(11)12-8-5-3-2-4-6-8;6-3(5(9)10)1-2-4(7)8/h2-7,10H,1H3;3H,1-2,6H2,(H2,7,8)(H,9,10). The summed E-state index contributed by atoms with van der Waals surface area (Å²) in [6, 6.07) is 7.66. The Morgan fingerprint density at radius 3 is 2.18 bits per heavy atom. The largest absolute Gasteiger partial charge is 0.480 e. The molecule has 1 rings (SSSR count). The van der Waals surface area contributed by atoms with Crippen LogP contribution >= 0.6 is 0 Å². The van der Waals surface area contributed by atoms with E-state index in [1.165, 1.54) is 6.92 Å². The Balaban J connectivity index is 0.000000409. The summed E-state index contributed by atoms with van der Waals surface area (Å²) < 4.78 is 4.79. The van der Waals surface area contributed by atoms with E-state index in [-0.39, 0.29) is 12.8 Å². The van der Waals surface area contributed by atoms with Gasteiger partial charge in [0.15, 0.2) is 0 Å². The van der Waals surface area contributed by atoms with E-state index in [1.54, 1.807) is 24.3 Å². The molecule has 8 nitrogen and oxygen atoms in total. The second-order valence-electron chi connectivity index (χ2n) is 4.36. The number of carbonyl (C=O) groups is 3. The fraction of sp³-hybridized carbons (Fsp3) is 0.357. The normalized spacial score (nSPS) is 12.3. The van der Waals surface area contributed by atoms with Gasteiger partial charge in [-0.05, 0) is 25.5 Å². The van der Waals surface area contributed by atoms with Crippen LogP contribution in [0.4, 0.5) is 0 Å². The number of hydrogen-bond acceptors (Lipinski definition) is 6. The Labute approximate surface area is 127 Å². The average Bonchev–Trinajstić information content (AvgIpc) is 2.46. The van der Waals surface area contributed by atoms with Crippen LogP contribution in [0.1, 0.15) is 19.8 Å². The molecule has 6 N–H and O–H groups in total. The Kier molecular flexibility index (Phi) is 9.15. The topological polar surface area (TPSA) is 153 Å². The highest BCUT2D eigenvalue weighted by atomic mass is 16.5. The van der Waals surface area contributed by atoms with Crippen LogP contribution in [0.5, 0.6) is 5.75 Å². The highest BCUT2D eigenvalue weighted by Crippen LogP contribution is 2.08. The van der Waals surface area contributed by atoms with Gasteiger partial charge in [-0.2, -0.15) is 0 Å². The van der Waals surface area contributed by atoms with Gasteiger partial charge in [-0.3, -0.25) is 9.59 Å². The molecule has 0 radical (unpaired) electrons. The van der Waals surface area contributed by atoms with E-state index >= 15 is 0 Å². The monoisotopic (exact) mass is 312 g/mol. The SMILES string of the molecule is CC(O)C(=O)Oc1ccccc1.NC(=O)CCC(N)C(=O)O. The van der Waals surface area contributed by atoms with Crippen molar-refractivity contribution < 1.29 is 29.3 Å². The van der Waals surface area contributed by atoms with Gasteiger partial charge in [0.25, 0.3) is 0 Å². The molecule has 0 aliphatic carbocycles. The number of esters is 1. The number of ether oxygens (including phenoxy) is 1. The average molecular weight is 312 g/mol. The fourth-order valence-corrected chi connectivity index (χ4v) is 1.11. The van der Waals surface area contributed by atoms with Gasteiger partial charge in [-0.1, -0.05) is 18.2 Å². The van der Waals surface area contributed by atoms with Gasteiger partial charge in [0, 0.05) is 6.42 Å². The highest BCUT2D eigenvalue weighted by Gasteiger charge is 2.11. The minimum absolute atomic E-state index is 0.0213. The summed E-state index contributed by atoms with van der Waals surface area (Å²) in [4.78, 5) is 31.0. The number of carboxylic acid groups (broad SMARTS) is 1. The first-order valence-electron chi connectivity index (χ1n) is 6.45. The first kappa shape index (κ1) is 19.6. The van der Waals surface area contributed by atoms with E-state index in [4.69, 9.17) is 26.4 Å². The van der Waals surface area contributed by atoms with Crippen molar-refractivity contribution >= 4 is 17.8 Å². The van der Waals surface area contributed by atoms with Crippen LogP contribution in [0.2, 0.25) is 0 Å². The molecule has 0 bridgehead atoms. The number of amides is 1. The number of primary amides is 1. The second kappa shape index (κ2) is 10.3. The molecule has 22 heavy (non-hydrogen) atoms. The zero-order valence-corrected chi connectivity index (χ0v) is 12.1.